The molecule has 2 aliphatic rings. The van der Waals surface area contributed by atoms with Gasteiger partial charge in [0.1, 0.15) is 17.6 Å². The Morgan fingerprint density at radius 3 is 2.78 bits per heavy atom. The molecule has 4 heteroatoms. The van der Waals surface area contributed by atoms with E-state index >= 15 is 0 Å². The van der Waals surface area contributed by atoms with Gasteiger partial charge in [0.25, 0.3) is 5.91 Å². The van der Waals surface area contributed by atoms with Crippen LogP contribution in [0.3, 0.4) is 0 Å². The summed E-state index contributed by atoms with van der Waals surface area (Å²) in [6, 6.07) is 13.1. The van der Waals surface area contributed by atoms with Crippen molar-refractivity contribution < 1.29 is 14.4 Å². The third kappa shape index (κ3) is 1.15. The predicted octanol–water partition coefficient (Wildman–Crippen LogP) is 2.56. The van der Waals surface area contributed by atoms with Crippen LogP contribution in [0.15, 0.2) is 42.5 Å². The normalized spacial score (nSPS) is 19.3. The monoisotopic (exact) mass is 239 g/mol. The lowest BCUT2D eigenvalue weighted by Gasteiger charge is -2.32. The van der Waals surface area contributed by atoms with E-state index in [9.17, 15) is 4.79 Å². The minimum atomic E-state index is -0.293. The molecule has 0 saturated heterocycles. The second kappa shape index (κ2) is 3.34. The molecule has 2 aromatic rings. The lowest BCUT2D eigenvalue weighted by Crippen LogP contribution is -2.34. The van der Waals surface area contributed by atoms with Crippen LogP contribution in [0.4, 0.5) is 0 Å². The van der Waals surface area contributed by atoms with E-state index in [4.69, 9.17) is 9.57 Å². The van der Waals surface area contributed by atoms with Gasteiger partial charge < -0.3 is 4.74 Å². The Labute approximate surface area is 103 Å². The molecule has 0 bridgehead atoms. The molecule has 0 aromatic heterocycles. The summed E-state index contributed by atoms with van der Waals surface area (Å²) >= 11 is 0. The Morgan fingerprint density at radius 2 is 1.83 bits per heavy atom. The Bertz CT molecular complexity index is 666. The van der Waals surface area contributed by atoms with Crippen molar-refractivity contribution >= 4 is 5.91 Å². The first-order valence-corrected chi connectivity index (χ1v) is 5.70. The first-order valence-electron chi connectivity index (χ1n) is 5.70. The molecular weight excluding hydrogens is 230 g/mol. The summed E-state index contributed by atoms with van der Waals surface area (Å²) in [5, 5.41) is 0. The van der Waals surface area contributed by atoms with Crippen LogP contribution in [-0.2, 0) is 4.84 Å². The molecule has 1 atom stereocenters. The number of amides is 1. The van der Waals surface area contributed by atoms with Crippen LogP contribution in [0.1, 0.15) is 27.6 Å². The second-order valence-corrected chi connectivity index (χ2v) is 4.29. The van der Waals surface area contributed by atoms with Crippen molar-refractivity contribution in [2.24, 2.45) is 0 Å². The van der Waals surface area contributed by atoms with Crippen molar-refractivity contribution in [3.8, 4) is 11.5 Å². The van der Waals surface area contributed by atoms with Gasteiger partial charge in [0.15, 0.2) is 0 Å². The maximum Gasteiger partial charge on any atom is 0.275 e. The number of fused-ring (bicyclic) bond motifs is 2. The van der Waals surface area contributed by atoms with Gasteiger partial charge >= 0.3 is 0 Å². The predicted molar refractivity (Wildman–Crippen MR) is 63.4 cm³/mol. The molecule has 0 radical (unpaired) electrons. The minimum Gasteiger partial charge on any atom is -0.457 e. The number of carbonyl (C=O) groups excluding carboxylic acids is 1. The third-order valence-corrected chi connectivity index (χ3v) is 3.26. The van der Waals surface area contributed by atoms with Gasteiger partial charge in [-0.1, -0.05) is 24.3 Å². The fourth-order valence-electron chi connectivity index (χ4n) is 2.46. The lowest BCUT2D eigenvalue weighted by molar-refractivity contribution is -0.0119. The highest BCUT2D eigenvalue weighted by Gasteiger charge is 2.35. The van der Waals surface area contributed by atoms with Crippen molar-refractivity contribution in [3.63, 3.8) is 0 Å². The van der Waals surface area contributed by atoms with Crippen LogP contribution >= 0.6 is 0 Å². The van der Waals surface area contributed by atoms with E-state index in [1.807, 2.05) is 36.4 Å². The van der Waals surface area contributed by atoms with Gasteiger partial charge in [-0.2, -0.15) is 0 Å². The van der Waals surface area contributed by atoms with Gasteiger partial charge in [-0.05, 0) is 18.2 Å². The van der Waals surface area contributed by atoms with E-state index in [2.05, 4.69) is 5.48 Å². The molecule has 88 valence electrons. The van der Waals surface area contributed by atoms with Gasteiger partial charge in [0, 0.05) is 11.1 Å². The number of ether oxygens (including phenoxy) is 1. The highest BCUT2D eigenvalue weighted by atomic mass is 16.7. The standard InChI is InChI=1S/C14H9NO3/c16-14-9-5-3-7-11-12(9)13(18-15-14)8-4-1-2-6-10(8)17-11/h1-7,13H,(H,15,16). The van der Waals surface area contributed by atoms with E-state index in [-0.39, 0.29) is 12.0 Å². The maximum atomic E-state index is 11.7. The minimum absolute atomic E-state index is 0.230. The van der Waals surface area contributed by atoms with Gasteiger partial charge in [-0.15, -0.1) is 0 Å². The molecule has 0 fully saturated rings. The van der Waals surface area contributed by atoms with E-state index in [0.29, 0.717) is 11.3 Å². The quantitative estimate of drug-likeness (QED) is 0.768. The van der Waals surface area contributed by atoms with Crippen molar-refractivity contribution in [2.45, 2.75) is 6.10 Å². The lowest BCUT2D eigenvalue weighted by atomic mass is 9.92. The van der Waals surface area contributed by atoms with Crippen LogP contribution < -0.4 is 10.2 Å². The molecule has 1 unspecified atom stereocenters. The summed E-state index contributed by atoms with van der Waals surface area (Å²) < 4.78 is 5.81. The van der Waals surface area contributed by atoms with Gasteiger partial charge in [-0.3, -0.25) is 9.63 Å². The number of carbonyl (C=O) groups is 1. The van der Waals surface area contributed by atoms with E-state index < -0.39 is 0 Å². The summed E-state index contributed by atoms with van der Waals surface area (Å²) in [4.78, 5) is 17.2. The molecular formula is C14H9NO3. The van der Waals surface area contributed by atoms with Crippen LogP contribution in [0.25, 0.3) is 0 Å². The van der Waals surface area contributed by atoms with E-state index in [0.717, 1.165) is 16.9 Å². The summed E-state index contributed by atoms with van der Waals surface area (Å²) in [6.45, 7) is 0. The average Bonchev–Trinajstić information content (AvgIpc) is 2.42. The highest BCUT2D eigenvalue weighted by Crippen LogP contribution is 2.46. The number of nitrogens with one attached hydrogen (secondary N) is 1. The average molecular weight is 239 g/mol. The van der Waals surface area contributed by atoms with Gasteiger partial charge in [0.05, 0.1) is 5.56 Å². The van der Waals surface area contributed by atoms with Crippen molar-refractivity contribution in [2.75, 3.05) is 0 Å². The number of hydrogen-bond donors (Lipinski definition) is 1. The number of hydrogen-bond acceptors (Lipinski definition) is 3. The maximum absolute atomic E-state index is 11.7. The summed E-state index contributed by atoms with van der Waals surface area (Å²) in [6.07, 6.45) is -0.293. The van der Waals surface area contributed by atoms with Crippen molar-refractivity contribution in [3.05, 3.63) is 59.2 Å². The van der Waals surface area contributed by atoms with Crippen LogP contribution in [0, 0.1) is 0 Å². The van der Waals surface area contributed by atoms with E-state index in [1.54, 1.807) is 6.07 Å². The van der Waals surface area contributed by atoms with Crippen LogP contribution in [-0.4, -0.2) is 5.91 Å². The molecule has 0 aliphatic carbocycles. The fraction of sp³-hybridized carbons (Fsp3) is 0.0714. The largest absolute Gasteiger partial charge is 0.457 e. The first-order chi connectivity index (χ1) is 8.84. The molecule has 2 aliphatic heterocycles. The van der Waals surface area contributed by atoms with E-state index in [1.165, 1.54) is 0 Å². The zero-order valence-electron chi connectivity index (χ0n) is 9.34. The smallest absolute Gasteiger partial charge is 0.275 e. The molecule has 0 saturated carbocycles. The summed E-state index contributed by atoms with van der Waals surface area (Å²) in [5.41, 5.74) is 4.79. The summed E-state index contributed by atoms with van der Waals surface area (Å²) in [7, 11) is 0. The molecule has 4 rings (SSSR count). The zero-order valence-corrected chi connectivity index (χ0v) is 9.34. The SMILES string of the molecule is O=C1NOC2c3ccccc3Oc3cccc1c32. The van der Waals surface area contributed by atoms with Crippen molar-refractivity contribution in [1.29, 1.82) is 0 Å². The molecule has 1 N–H and O–H groups in total. The molecule has 4 nitrogen and oxygen atoms in total. The fourth-order valence-corrected chi connectivity index (χ4v) is 2.46. The number of para-hydroxylation sites is 1. The molecule has 18 heavy (non-hydrogen) atoms. The third-order valence-electron chi connectivity index (χ3n) is 3.26. The number of benzene rings is 2. The Kier molecular flexibility index (Phi) is 1.79. The second-order valence-electron chi connectivity index (χ2n) is 4.29. The summed E-state index contributed by atoms with van der Waals surface area (Å²) in [5.74, 6) is 1.22. The Morgan fingerprint density at radius 1 is 1.00 bits per heavy atom. The molecule has 1 amide bonds. The first kappa shape index (κ1) is 9.67. The topological polar surface area (TPSA) is 47.6 Å². The molecule has 2 aromatic carbocycles. The zero-order chi connectivity index (χ0) is 12.1. The number of rotatable bonds is 0. The highest BCUT2D eigenvalue weighted by molar-refractivity contribution is 5.97. The van der Waals surface area contributed by atoms with Crippen molar-refractivity contribution in [1.82, 2.24) is 5.48 Å². The Balaban J connectivity index is 2.01. The molecule has 0 spiro atoms. The van der Waals surface area contributed by atoms with Crippen LogP contribution in [0.2, 0.25) is 0 Å². The van der Waals surface area contributed by atoms with Gasteiger partial charge in [0.2, 0.25) is 0 Å². The molecule has 2 heterocycles. The number of hydroxylamine groups is 1. The van der Waals surface area contributed by atoms with Crippen LogP contribution in [0.5, 0.6) is 11.5 Å². The van der Waals surface area contributed by atoms with Gasteiger partial charge in [-0.25, -0.2) is 5.48 Å². The Hall–Kier alpha value is -2.33.